The predicted octanol–water partition coefficient (Wildman–Crippen LogP) is 3.84. The van der Waals surface area contributed by atoms with Gasteiger partial charge in [-0.15, -0.1) is 17.9 Å². The number of aryl methyl sites for hydroxylation is 1. The summed E-state index contributed by atoms with van der Waals surface area (Å²) in [7, 11) is 0. The maximum Gasteiger partial charge on any atom is 0.237 e. The second-order valence-electron chi connectivity index (χ2n) is 8.78. The normalized spacial score (nSPS) is 16.7. The van der Waals surface area contributed by atoms with Crippen LogP contribution in [0.4, 0.5) is 0 Å². The molecule has 180 valence electrons. The van der Waals surface area contributed by atoms with Crippen molar-refractivity contribution in [3.05, 3.63) is 64.4 Å². The van der Waals surface area contributed by atoms with Gasteiger partial charge in [0.25, 0.3) is 0 Å². The summed E-state index contributed by atoms with van der Waals surface area (Å²) in [5.41, 5.74) is 2.32. The second kappa shape index (κ2) is 12.3. The van der Waals surface area contributed by atoms with Crippen LogP contribution in [0, 0.1) is 6.92 Å². The van der Waals surface area contributed by atoms with Crippen molar-refractivity contribution in [3.8, 4) is 5.75 Å². The molecular weight excluding hydrogens is 436 g/mol. The van der Waals surface area contributed by atoms with Crippen LogP contribution < -0.4 is 4.74 Å². The molecule has 1 aliphatic rings. The molecule has 7 heteroatoms. The molecule has 1 N–H and O–H groups in total. The van der Waals surface area contributed by atoms with Gasteiger partial charge in [0, 0.05) is 24.0 Å². The van der Waals surface area contributed by atoms with Crippen molar-refractivity contribution in [3.63, 3.8) is 0 Å². The second-order valence-corrected chi connectivity index (χ2v) is 9.78. The van der Waals surface area contributed by atoms with Crippen LogP contribution in [0.25, 0.3) is 0 Å². The summed E-state index contributed by atoms with van der Waals surface area (Å²) in [4.78, 5) is 18.7. The first-order valence-electron chi connectivity index (χ1n) is 11.5. The molecule has 2 heterocycles. The van der Waals surface area contributed by atoms with Gasteiger partial charge in [-0.1, -0.05) is 18.2 Å². The van der Waals surface area contributed by atoms with Gasteiger partial charge in [0.1, 0.15) is 12.4 Å². The monoisotopic (exact) mass is 472 g/mol. The van der Waals surface area contributed by atoms with Crippen LogP contribution in [0.3, 0.4) is 0 Å². The highest BCUT2D eigenvalue weighted by atomic mass is 32.1. The molecule has 2 atom stereocenters. The minimum Gasteiger partial charge on any atom is -0.491 e. The van der Waals surface area contributed by atoms with Crippen LogP contribution in [-0.2, 0) is 16.0 Å². The Hall–Kier alpha value is -2.19. The molecule has 3 rings (SSSR count). The van der Waals surface area contributed by atoms with Gasteiger partial charge in [0.05, 0.1) is 31.9 Å². The lowest BCUT2D eigenvalue weighted by Gasteiger charge is -2.38. The van der Waals surface area contributed by atoms with Crippen LogP contribution in [0.15, 0.2) is 48.4 Å². The smallest absolute Gasteiger partial charge is 0.237 e. The number of carbonyl (C=O) groups excluding carboxylic acids is 1. The number of benzene rings is 1. The SMILES string of the molecule is C=CCOC[C@H](O)CN(CC(=O)N1CCc2sccc2[C@@H]1COc1cccc(C)c1)C(C)C. The van der Waals surface area contributed by atoms with Gasteiger partial charge < -0.3 is 19.5 Å². The fourth-order valence-electron chi connectivity index (χ4n) is 4.09. The summed E-state index contributed by atoms with van der Waals surface area (Å²) in [6, 6.07) is 10.1. The predicted molar refractivity (Wildman–Crippen MR) is 133 cm³/mol. The van der Waals surface area contributed by atoms with Gasteiger partial charge in [-0.2, -0.15) is 0 Å². The fourth-order valence-corrected chi connectivity index (χ4v) is 5.02. The molecule has 33 heavy (non-hydrogen) atoms. The first-order valence-corrected chi connectivity index (χ1v) is 12.4. The van der Waals surface area contributed by atoms with E-state index in [4.69, 9.17) is 9.47 Å². The van der Waals surface area contributed by atoms with Crippen LogP contribution >= 0.6 is 11.3 Å². The van der Waals surface area contributed by atoms with Crippen molar-refractivity contribution in [2.45, 2.75) is 45.4 Å². The number of hydrogen-bond acceptors (Lipinski definition) is 6. The third kappa shape index (κ3) is 7.14. The van der Waals surface area contributed by atoms with Crippen molar-refractivity contribution in [2.75, 3.05) is 39.5 Å². The number of fused-ring (bicyclic) bond motifs is 1. The zero-order valence-electron chi connectivity index (χ0n) is 19.9. The van der Waals surface area contributed by atoms with Crippen molar-refractivity contribution >= 4 is 17.2 Å². The zero-order chi connectivity index (χ0) is 23.8. The minimum atomic E-state index is -0.662. The van der Waals surface area contributed by atoms with E-state index in [1.807, 2.05) is 54.8 Å². The molecule has 1 aromatic carbocycles. The van der Waals surface area contributed by atoms with Crippen molar-refractivity contribution in [2.24, 2.45) is 0 Å². The molecule has 1 aromatic heterocycles. The largest absolute Gasteiger partial charge is 0.491 e. The van der Waals surface area contributed by atoms with Gasteiger partial charge >= 0.3 is 0 Å². The fraction of sp³-hybridized carbons (Fsp3) is 0.500. The Bertz CT molecular complexity index is 913. The quantitative estimate of drug-likeness (QED) is 0.376. The molecule has 0 spiro atoms. The summed E-state index contributed by atoms with van der Waals surface area (Å²) in [5.74, 6) is 0.869. The molecular formula is C26H36N2O4S. The highest BCUT2D eigenvalue weighted by Crippen LogP contribution is 2.34. The summed E-state index contributed by atoms with van der Waals surface area (Å²) in [6.45, 7) is 12.1. The molecule has 0 unspecified atom stereocenters. The van der Waals surface area contributed by atoms with E-state index in [-0.39, 0.29) is 31.1 Å². The van der Waals surface area contributed by atoms with Crippen molar-refractivity contribution in [1.82, 2.24) is 9.80 Å². The van der Waals surface area contributed by atoms with Crippen LogP contribution in [0.5, 0.6) is 5.75 Å². The maximum atomic E-state index is 13.5. The minimum absolute atomic E-state index is 0.0533. The molecule has 0 radical (unpaired) electrons. The average molecular weight is 473 g/mol. The van der Waals surface area contributed by atoms with Crippen molar-refractivity contribution < 1.29 is 19.4 Å². The lowest BCUT2D eigenvalue weighted by molar-refractivity contribution is -0.137. The number of hydrogen-bond donors (Lipinski definition) is 1. The summed E-state index contributed by atoms with van der Waals surface area (Å²) < 4.78 is 11.5. The molecule has 6 nitrogen and oxygen atoms in total. The molecule has 0 aliphatic carbocycles. The van der Waals surface area contributed by atoms with Crippen LogP contribution in [0.1, 0.15) is 35.9 Å². The van der Waals surface area contributed by atoms with Gasteiger partial charge in [0.2, 0.25) is 5.91 Å². The Kier molecular flexibility index (Phi) is 9.50. The van der Waals surface area contributed by atoms with E-state index in [2.05, 4.69) is 18.0 Å². The van der Waals surface area contributed by atoms with E-state index < -0.39 is 6.10 Å². The number of aliphatic hydroxyl groups excluding tert-OH is 1. The molecule has 1 amide bonds. The third-order valence-electron chi connectivity index (χ3n) is 5.87. The van der Waals surface area contributed by atoms with Gasteiger partial charge in [-0.25, -0.2) is 0 Å². The van der Waals surface area contributed by atoms with Crippen LogP contribution in [0.2, 0.25) is 0 Å². The molecule has 2 aromatic rings. The number of carbonyl (C=O) groups is 1. The average Bonchev–Trinajstić information content (AvgIpc) is 3.26. The number of ether oxygens (including phenoxy) is 2. The molecule has 0 saturated heterocycles. The third-order valence-corrected chi connectivity index (χ3v) is 6.87. The van der Waals surface area contributed by atoms with Crippen molar-refractivity contribution in [1.29, 1.82) is 0 Å². The molecule has 1 aliphatic heterocycles. The van der Waals surface area contributed by atoms with Gasteiger partial charge in [-0.05, 0) is 61.9 Å². The number of amides is 1. The van der Waals surface area contributed by atoms with E-state index >= 15 is 0 Å². The lowest BCUT2D eigenvalue weighted by Crippen LogP contribution is -2.49. The highest BCUT2D eigenvalue weighted by molar-refractivity contribution is 7.10. The first kappa shape index (κ1) is 25.4. The Balaban J connectivity index is 1.68. The Morgan fingerprint density at radius 1 is 1.39 bits per heavy atom. The van der Waals surface area contributed by atoms with E-state index in [9.17, 15) is 9.90 Å². The van der Waals surface area contributed by atoms with E-state index in [0.29, 0.717) is 26.3 Å². The Morgan fingerprint density at radius 3 is 2.94 bits per heavy atom. The number of rotatable bonds is 12. The van der Waals surface area contributed by atoms with E-state index in [0.717, 1.165) is 17.7 Å². The van der Waals surface area contributed by atoms with Crippen LogP contribution in [-0.4, -0.2) is 72.4 Å². The number of thiophene rings is 1. The topological polar surface area (TPSA) is 62.2 Å². The van der Waals surface area contributed by atoms with E-state index in [1.165, 1.54) is 10.4 Å². The van der Waals surface area contributed by atoms with Gasteiger partial charge in [-0.3, -0.25) is 9.69 Å². The lowest BCUT2D eigenvalue weighted by atomic mass is 10.00. The summed E-state index contributed by atoms with van der Waals surface area (Å²) in [5, 5.41) is 12.5. The highest BCUT2D eigenvalue weighted by Gasteiger charge is 2.33. The Morgan fingerprint density at radius 2 is 2.21 bits per heavy atom. The van der Waals surface area contributed by atoms with E-state index in [1.54, 1.807) is 17.4 Å². The standard InChI is InChI=1S/C26H36N2O4S/c1-5-12-31-17-21(29)15-27(19(2)3)16-26(30)28-11-9-25-23(10-13-33-25)24(28)18-32-22-8-6-7-20(4)14-22/h5-8,10,13-14,19,21,24,29H,1,9,11-12,15-18H2,2-4H3/t21-,24+/m1/s1. The number of aliphatic hydroxyl groups is 1. The maximum absolute atomic E-state index is 13.5. The molecule has 0 saturated carbocycles. The number of nitrogens with zero attached hydrogens (tertiary/aromatic N) is 2. The zero-order valence-corrected chi connectivity index (χ0v) is 20.7. The summed E-state index contributed by atoms with van der Waals surface area (Å²) in [6.07, 6.45) is 1.86. The first-order chi connectivity index (χ1) is 15.9. The molecule has 0 bridgehead atoms. The van der Waals surface area contributed by atoms with Gasteiger partial charge in [0.15, 0.2) is 0 Å². The molecule has 0 fully saturated rings. The summed E-state index contributed by atoms with van der Waals surface area (Å²) >= 11 is 1.75. The Labute approximate surface area is 201 Å².